The van der Waals surface area contributed by atoms with Gasteiger partial charge in [-0.2, -0.15) is 0 Å². The predicted molar refractivity (Wildman–Crippen MR) is 102 cm³/mol. The number of carbonyl (C=O) groups excluding carboxylic acids is 3. The van der Waals surface area contributed by atoms with Gasteiger partial charge in [-0.3, -0.25) is 14.9 Å². The lowest BCUT2D eigenvalue weighted by Gasteiger charge is -2.37. The topological polar surface area (TPSA) is 79.0 Å². The minimum Gasteiger partial charge on any atom is -0.444 e. The van der Waals surface area contributed by atoms with E-state index in [1.54, 1.807) is 17.0 Å². The van der Waals surface area contributed by atoms with E-state index in [2.05, 4.69) is 5.32 Å². The number of halogens is 1. The Labute approximate surface area is 163 Å². The fraction of sp³-hybridized carbons (Fsp3) is 0.550. The van der Waals surface area contributed by atoms with Gasteiger partial charge in [-0.25, -0.2) is 9.18 Å². The molecule has 1 unspecified atom stereocenters. The Morgan fingerprint density at radius 3 is 2.43 bits per heavy atom. The first-order chi connectivity index (χ1) is 13.1. The quantitative estimate of drug-likeness (QED) is 0.784. The third kappa shape index (κ3) is 4.61. The van der Waals surface area contributed by atoms with Crippen LogP contribution in [0.4, 0.5) is 14.9 Å². The zero-order valence-electron chi connectivity index (χ0n) is 16.5. The van der Waals surface area contributed by atoms with E-state index in [0.717, 1.165) is 0 Å². The Kier molecular flexibility index (Phi) is 5.58. The van der Waals surface area contributed by atoms with Gasteiger partial charge in [-0.15, -0.1) is 0 Å². The molecule has 2 heterocycles. The van der Waals surface area contributed by atoms with Gasteiger partial charge in [0.25, 0.3) is 0 Å². The summed E-state index contributed by atoms with van der Waals surface area (Å²) in [7, 11) is 0. The Balaban J connectivity index is 1.63. The Hall–Kier alpha value is -2.64. The summed E-state index contributed by atoms with van der Waals surface area (Å²) in [5.74, 6) is -1.59. The molecule has 28 heavy (non-hydrogen) atoms. The van der Waals surface area contributed by atoms with E-state index in [9.17, 15) is 18.8 Å². The third-order valence-electron chi connectivity index (χ3n) is 4.89. The van der Waals surface area contributed by atoms with Gasteiger partial charge in [0.2, 0.25) is 11.8 Å². The molecule has 3 amide bonds. The zero-order valence-corrected chi connectivity index (χ0v) is 16.5. The van der Waals surface area contributed by atoms with Crippen LogP contribution in [0.3, 0.4) is 0 Å². The van der Waals surface area contributed by atoms with Crippen molar-refractivity contribution in [2.24, 2.45) is 0 Å². The molecule has 8 heteroatoms. The van der Waals surface area contributed by atoms with Crippen LogP contribution in [0.5, 0.6) is 0 Å². The fourth-order valence-corrected chi connectivity index (χ4v) is 3.46. The molecule has 2 aliphatic heterocycles. The van der Waals surface area contributed by atoms with Crippen LogP contribution in [0.1, 0.15) is 45.1 Å². The van der Waals surface area contributed by atoms with Crippen molar-refractivity contribution in [2.45, 2.75) is 45.1 Å². The van der Waals surface area contributed by atoms with Crippen LogP contribution in [-0.4, -0.2) is 54.6 Å². The van der Waals surface area contributed by atoms with Crippen LogP contribution in [-0.2, 0) is 14.3 Å². The number of carbonyl (C=O) groups is 3. The average molecular weight is 391 g/mol. The number of ether oxygens (including phenoxy) is 1. The molecule has 0 radical (unpaired) electrons. The molecule has 0 bridgehead atoms. The lowest BCUT2D eigenvalue weighted by atomic mass is 9.90. The van der Waals surface area contributed by atoms with Crippen LogP contribution in [0.15, 0.2) is 18.2 Å². The molecule has 2 fully saturated rings. The van der Waals surface area contributed by atoms with E-state index in [1.165, 1.54) is 6.07 Å². The summed E-state index contributed by atoms with van der Waals surface area (Å²) in [6, 6.07) is 4.77. The van der Waals surface area contributed by atoms with Crippen molar-refractivity contribution in [3.05, 3.63) is 29.6 Å². The van der Waals surface area contributed by atoms with Crippen LogP contribution < -0.4 is 10.2 Å². The minimum atomic E-state index is -0.549. The number of amides is 3. The summed E-state index contributed by atoms with van der Waals surface area (Å²) >= 11 is 0. The summed E-state index contributed by atoms with van der Waals surface area (Å²) in [6.45, 7) is 7.34. The van der Waals surface area contributed by atoms with Crippen LogP contribution in [0.25, 0.3) is 0 Å². The van der Waals surface area contributed by atoms with Crippen LogP contribution in [0.2, 0.25) is 0 Å². The second-order valence-corrected chi connectivity index (χ2v) is 8.17. The van der Waals surface area contributed by atoms with E-state index in [1.807, 2.05) is 25.7 Å². The standard InChI is InChI=1S/C20H26FN3O4/c1-20(2,3)28-19(27)24-10-8-23(9-11-24)16-6-4-13(12-15(16)21)14-5-7-17(25)22-18(14)26/h4,6,12,14H,5,7-11H2,1-3H3,(H,22,25,26). The molecule has 0 aromatic heterocycles. The maximum atomic E-state index is 14.7. The number of imide groups is 1. The monoisotopic (exact) mass is 391 g/mol. The largest absolute Gasteiger partial charge is 0.444 e. The van der Waals surface area contributed by atoms with Gasteiger partial charge in [0.1, 0.15) is 11.4 Å². The smallest absolute Gasteiger partial charge is 0.410 e. The summed E-state index contributed by atoms with van der Waals surface area (Å²) in [4.78, 5) is 38.9. The number of hydrogen-bond donors (Lipinski definition) is 1. The van der Waals surface area contributed by atoms with E-state index < -0.39 is 17.3 Å². The number of piperazine rings is 1. The van der Waals surface area contributed by atoms with Crippen molar-refractivity contribution in [1.82, 2.24) is 10.2 Å². The maximum Gasteiger partial charge on any atom is 0.410 e. The van der Waals surface area contributed by atoms with Gasteiger partial charge in [-0.05, 0) is 44.9 Å². The summed E-state index contributed by atoms with van der Waals surface area (Å²) in [6.07, 6.45) is 0.283. The molecule has 1 atom stereocenters. The summed E-state index contributed by atoms with van der Waals surface area (Å²) < 4.78 is 20.1. The van der Waals surface area contributed by atoms with Gasteiger partial charge in [0.05, 0.1) is 11.6 Å². The summed E-state index contributed by atoms with van der Waals surface area (Å²) in [5, 5.41) is 2.30. The molecular weight excluding hydrogens is 365 g/mol. The first kappa shape index (κ1) is 20.1. The number of anilines is 1. The number of benzene rings is 1. The van der Waals surface area contributed by atoms with Crippen molar-refractivity contribution >= 4 is 23.6 Å². The molecule has 2 aliphatic rings. The number of rotatable bonds is 2. The molecule has 152 valence electrons. The number of nitrogens with one attached hydrogen (secondary N) is 1. The molecule has 7 nitrogen and oxygen atoms in total. The fourth-order valence-electron chi connectivity index (χ4n) is 3.46. The molecule has 2 saturated heterocycles. The molecule has 0 spiro atoms. The van der Waals surface area contributed by atoms with Crippen molar-refractivity contribution in [1.29, 1.82) is 0 Å². The second kappa shape index (κ2) is 7.77. The van der Waals surface area contributed by atoms with E-state index in [4.69, 9.17) is 4.74 Å². The highest BCUT2D eigenvalue weighted by atomic mass is 19.1. The maximum absolute atomic E-state index is 14.7. The number of nitrogens with zero attached hydrogens (tertiary/aromatic N) is 2. The van der Waals surface area contributed by atoms with Gasteiger partial charge in [0.15, 0.2) is 0 Å². The molecule has 1 aromatic carbocycles. The molecular formula is C20H26FN3O4. The molecule has 3 rings (SSSR count). The molecule has 0 saturated carbocycles. The lowest BCUT2D eigenvalue weighted by Crippen LogP contribution is -2.50. The highest BCUT2D eigenvalue weighted by Gasteiger charge is 2.30. The van der Waals surface area contributed by atoms with E-state index in [-0.39, 0.29) is 24.3 Å². The van der Waals surface area contributed by atoms with Crippen molar-refractivity contribution in [2.75, 3.05) is 31.1 Å². The predicted octanol–water partition coefficient (Wildman–Crippen LogP) is 2.40. The lowest BCUT2D eigenvalue weighted by molar-refractivity contribution is -0.134. The Morgan fingerprint density at radius 2 is 1.86 bits per heavy atom. The highest BCUT2D eigenvalue weighted by molar-refractivity contribution is 6.00. The van der Waals surface area contributed by atoms with Crippen LogP contribution >= 0.6 is 0 Å². The first-order valence-corrected chi connectivity index (χ1v) is 9.50. The van der Waals surface area contributed by atoms with Crippen molar-refractivity contribution in [3.63, 3.8) is 0 Å². The van der Waals surface area contributed by atoms with Crippen molar-refractivity contribution < 1.29 is 23.5 Å². The second-order valence-electron chi connectivity index (χ2n) is 8.17. The molecule has 1 N–H and O–H groups in total. The van der Waals surface area contributed by atoms with E-state index in [0.29, 0.717) is 43.9 Å². The van der Waals surface area contributed by atoms with Gasteiger partial charge in [0, 0.05) is 32.6 Å². The Bertz CT molecular complexity index is 782. The van der Waals surface area contributed by atoms with Crippen molar-refractivity contribution in [3.8, 4) is 0 Å². The highest BCUT2D eigenvalue weighted by Crippen LogP contribution is 2.29. The third-order valence-corrected chi connectivity index (χ3v) is 4.89. The minimum absolute atomic E-state index is 0.256. The normalized spacial score (nSPS) is 20.8. The van der Waals surface area contributed by atoms with Crippen LogP contribution in [0, 0.1) is 5.82 Å². The first-order valence-electron chi connectivity index (χ1n) is 9.50. The number of piperidine rings is 1. The van der Waals surface area contributed by atoms with E-state index >= 15 is 0 Å². The molecule has 0 aliphatic carbocycles. The molecule has 1 aromatic rings. The summed E-state index contributed by atoms with van der Waals surface area (Å²) in [5.41, 5.74) is 0.463. The van der Waals surface area contributed by atoms with Gasteiger partial charge < -0.3 is 14.5 Å². The van der Waals surface area contributed by atoms with Gasteiger partial charge >= 0.3 is 6.09 Å². The van der Waals surface area contributed by atoms with Gasteiger partial charge in [-0.1, -0.05) is 6.07 Å². The SMILES string of the molecule is CC(C)(C)OC(=O)N1CCN(c2ccc(C3CCC(=O)NC3=O)cc2F)CC1. The zero-order chi connectivity index (χ0) is 20.5. The number of hydrogen-bond acceptors (Lipinski definition) is 5. The average Bonchev–Trinajstić information content (AvgIpc) is 2.60. The Morgan fingerprint density at radius 1 is 1.18 bits per heavy atom.